The van der Waals surface area contributed by atoms with Crippen LogP contribution in [-0.2, 0) is 19.5 Å². The second-order valence-electron chi connectivity index (χ2n) is 9.40. The van der Waals surface area contributed by atoms with Gasteiger partial charge in [0, 0.05) is 54.5 Å². The molecule has 0 fully saturated rings. The third-order valence-corrected chi connectivity index (χ3v) is 7.68. The smallest absolute Gasteiger partial charge is 0.261 e. The molecule has 8 heteroatoms. The molecule has 0 saturated heterocycles. The molecule has 3 heterocycles. The van der Waals surface area contributed by atoms with Crippen molar-refractivity contribution in [1.82, 2.24) is 19.9 Å². The number of anilines is 1. The van der Waals surface area contributed by atoms with Gasteiger partial charge < -0.3 is 14.8 Å². The maximum Gasteiger partial charge on any atom is 0.261 e. The number of hydrogen-bond donors (Lipinski definition) is 1. The van der Waals surface area contributed by atoms with E-state index < -0.39 is 0 Å². The van der Waals surface area contributed by atoms with Crippen LogP contribution in [0.1, 0.15) is 45.5 Å². The summed E-state index contributed by atoms with van der Waals surface area (Å²) >= 11 is 1.52. The lowest BCUT2D eigenvalue weighted by atomic mass is 10.1. The van der Waals surface area contributed by atoms with Gasteiger partial charge in [-0.25, -0.2) is 4.98 Å². The van der Waals surface area contributed by atoms with Gasteiger partial charge in [0.25, 0.3) is 5.91 Å². The fraction of sp³-hybridized carbons (Fsp3) is 0.226. The Hall–Kier alpha value is -4.48. The molecule has 1 amide bonds. The summed E-state index contributed by atoms with van der Waals surface area (Å²) in [6.07, 6.45) is 7.26. The van der Waals surface area contributed by atoms with Gasteiger partial charge in [0.2, 0.25) is 0 Å². The first-order chi connectivity index (χ1) is 19.1. The molecule has 196 valence electrons. The highest BCUT2D eigenvalue weighted by molar-refractivity contribution is 7.20. The second kappa shape index (κ2) is 12.4. The van der Waals surface area contributed by atoms with E-state index in [1.165, 1.54) is 11.3 Å². The van der Waals surface area contributed by atoms with Crippen LogP contribution in [0.25, 0.3) is 10.1 Å². The number of rotatable bonds is 11. The van der Waals surface area contributed by atoms with E-state index in [4.69, 9.17) is 5.26 Å². The van der Waals surface area contributed by atoms with E-state index in [9.17, 15) is 4.79 Å². The van der Waals surface area contributed by atoms with Gasteiger partial charge in [-0.1, -0.05) is 25.1 Å². The first kappa shape index (κ1) is 26.1. The number of aromatic nitrogens is 3. The number of nitrogens with one attached hydrogen (secondary N) is 1. The van der Waals surface area contributed by atoms with Gasteiger partial charge in [-0.05, 0) is 65.9 Å². The SMILES string of the molecule is CCCN(Cc1cncn1Cc1ccc(C#N)cc1)c1ccc2sc(C(=O)NCCc3ccccn3)cc2c1. The Balaban J connectivity index is 1.28. The summed E-state index contributed by atoms with van der Waals surface area (Å²) in [5, 5.41) is 13.2. The van der Waals surface area contributed by atoms with Gasteiger partial charge in [0.05, 0.1) is 35.1 Å². The Labute approximate surface area is 232 Å². The summed E-state index contributed by atoms with van der Waals surface area (Å²) < 4.78 is 3.25. The Morgan fingerprint density at radius 2 is 2.00 bits per heavy atom. The maximum absolute atomic E-state index is 12.8. The zero-order valence-corrected chi connectivity index (χ0v) is 22.7. The van der Waals surface area contributed by atoms with E-state index in [2.05, 4.69) is 55.9 Å². The topological polar surface area (TPSA) is 86.8 Å². The van der Waals surface area contributed by atoms with Crippen LogP contribution in [-0.4, -0.2) is 33.5 Å². The van der Waals surface area contributed by atoms with Crippen LogP contribution < -0.4 is 10.2 Å². The average Bonchev–Trinajstić information content (AvgIpc) is 3.60. The largest absolute Gasteiger partial charge is 0.366 e. The highest BCUT2D eigenvalue weighted by atomic mass is 32.1. The summed E-state index contributed by atoms with van der Waals surface area (Å²) in [6, 6.07) is 24.1. The minimum absolute atomic E-state index is 0.0502. The average molecular weight is 535 g/mol. The lowest BCUT2D eigenvalue weighted by Crippen LogP contribution is -2.25. The lowest BCUT2D eigenvalue weighted by molar-refractivity contribution is 0.0958. The fourth-order valence-corrected chi connectivity index (χ4v) is 5.50. The molecule has 0 aliphatic rings. The van der Waals surface area contributed by atoms with Crippen molar-refractivity contribution >= 4 is 33.0 Å². The second-order valence-corrected chi connectivity index (χ2v) is 10.5. The Morgan fingerprint density at radius 1 is 1.13 bits per heavy atom. The molecule has 0 atom stereocenters. The molecule has 0 bridgehead atoms. The number of imidazole rings is 1. The van der Waals surface area contributed by atoms with Gasteiger partial charge in [-0.15, -0.1) is 11.3 Å². The Kier molecular flexibility index (Phi) is 8.29. The van der Waals surface area contributed by atoms with Crippen LogP contribution in [0.2, 0.25) is 0 Å². The van der Waals surface area contributed by atoms with E-state index in [0.29, 0.717) is 30.0 Å². The maximum atomic E-state index is 12.8. The minimum atomic E-state index is -0.0502. The monoisotopic (exact) mass is 534 g/mol. The number of thiophene rings is 1. The predicted octanol–water partition coefficient (Wildman–Crippen LogP) is 5.80. The molecule has 3 aromatic heterocycles. The molecular weight excluding hydrogens is 504 g/mol. The van der Waals surface area contributed by atoms with Crippen LogP contribution in [0.5, 0.6) is 0 Å². The molecule has 0 radical (unpaired) electrons. The quantitative estimate of drug-likeness (QED) is 0.231. The first-order valence-corrected chi connectivity index (χ1v) is 13.9. The minimum Gasteiger partial charge on any atom is -0.366 e. The number of carbonyl (C=O) groups excluding carboxylic acids is 1. The van der Waals surface area contributed by atoms with Crippen LogP contribution in [0.3, 0.4) is 0 Å². The third-order valence-electron chi connectivity index (χ3n) is 6.56. The summed E-state index contributed by atoms with van der Waals surface area (Å²) in [4.78, 5) is 24.6. The van der Waals surface area contributed by atoms with Crippen molar-refractivity contribution in [1.29, 1.82) is 5.26 Å². The van der Waals surface area contributed by atoms with Gasteiger partial charge in [-0.3, -0.25) is 9.78 Å². The standard InChI is InChI=1S/C31H30N6OS/c1-2-15-36(21-28-19-33-22-37(28)20-24-8-6-23(18-32)7-9-24)27-10-11-29-25(16-27)17-30(39-29)31(38)35-14-12-26-5-3-4-13-34-26/h3-11,13,16-17,19,22H,2,12,14-15,20-21H2,1H3,(H,35,38). The molecule has 0 unspecified atom stereocenters. The molecule has 39 heavy (non-hydrogen) atoms. The molecule has 0 saturated carbocycles. The van der Waals surface area contributed by atoms with E-state index >= 15 is 0 Å². The number of pyridine rings is 1. The highest BCUT2D eigenvalue weighted by Gasteiger charge is 2.14. The zero-order valence-electron chi connectivity index (χ0n) is 21.9. The molecule has 1 N–H and O–H groups in total. The molecule has 7 nitrogen and oxygen atoms in total. The van der Waals surface area contributed by atoms with Crippen molar-refractivity contribution in [3.63, 3.8) is 0 Å². The Bertz CT molecular complexity index is 1580. The molecule has 2 aromatic carbocycles. The molecule has 5 rings (SSSR count). The number of benzene rings is 2. The van der Waals surface area contributed by atoms with Gasteiger partial charge in [0.1, 0.15) is 0 Å². The summed E-state index contributed by atoms with van der Waals surface area (Å²) in [7, 11) is 0. The van der Waals surface area contributed by atoms with Gasteiger partial charge in [-0.2, -0.15) is 5.26 Å². The zero-order chi connectivity index (χ0) is 27.0. The van der Waals surface area contributed by atoms with Crippen molar-refractivity contribution in [3.8, 4) is 6.07 Å². The van der Waals surface area contributed by atoms with E-state index in [1.807, 2.05) is 61.1 Å². The van der Waals surface area contributed by atoms with Crippen LogP contribution in [0.4, 0.5) is 5.69 Å². The normalized spacial score (nSPS) is 10.9. The van der Waals surface area contributed by atoms with Crippen molar-refractivity contribution in [2.75, 3.05) is 18.0 Å². The fourth-order valence-electron chi connectivity index (χ4n) is 4.55. The number of carbonyl (C=O) groups is 1. The molecular formula is C31H30N6OS. The molecule has 5 aromatic rings. The number of nitriles is 1. The van der Waals surface area contributed by atoms with Gasteiger partial charge >= 0.3 is 0 Å². The van der Waals surface area contributed by atoms with Crippen molar-refractivity contribution in [2.24, 2.45) is 0 Å². The molecule has 0 spiro atoms. The van der Waals surface area contributed by atoms with E-state index in [-0.39, 0.29) is 5.91 Å². The van der Waals surface area contributed by atoms with Gasteiger partial charge in [0.15, 0.2) is 0 Å². The number of hydrogen-bond acceptors (Lipinski definition) is 6. The molecule has 0 aliphatic carbocycles. The summed E-state index contributed by atoms with van der Waals surface area (Å²) in [6.45, 7) is 5.05. The van der Waals surface area contributed by atoms with Crippen LogP contribution >= 0.6 is 11.3 Å². The number of fused-ring (bicyclic) bond motifs is 1. The van der Waals surface area contributed by atoms with E-state index in [1.54, 1.807) is 6.20 Å². The van der Waals surface area contributed by atoms with Crippen molar-refractivity contribution in [2.45, 2.75) is 32.9 Å². The van der Waals surface area contributed by atoms with Crippen LogP contribution in [0.15, 0.2) is 85.5 Å². The highest BCUT2D eigenvalue weighted by Crippen LogP contribution is 2.30. The number of nitrogens with zero attached hydrogens (tertiary/aromatic N) is 5. The summed E-state index contributed by atoms with van der Waals surface area (Å²) in [5.74, 6) is -0.0502. The lowest BCUT2D eigenvalue weighted by Gasteiger charge is -2.25. The number of amides is 1. The molecule has 0 aliphatic heterocycles. The van der Waals surface area contributed by atoms with Crippen molar-refractivity contribution < 1.29 is 4.79 Å². The summed E-state index contributed by atoms with van der Waals surface area (Å²) in [5.41, 5.74) is 4.99. The van der Waals surface area contributed by atoms with Crippen LogP contribution in [0, 0.1) is 11.3 Å². The van der Waals surface area contributed by atoms with Crippen molar-refractivity contribution in [3.05, 3.63) is 113 Å². The predicted molar refractivity (Wildman–Crippen MR) is 156 cm³/mol. The van der Waals surface area contributed by atoms with E-state index in [0.717, 1.165) is 52.2 Å². The third kappa shape index (κ3) is 6.51. The first-order valence-electron chi connectivity index (χ1n) is 13.1. The Morgan fingerprint density at radius 3 is 2.77 bits per heavy atom.